The summed E-state index contributed by atoms with van der Waals surface area (Å²) in [5.41, 5.74) is 0.368. The standard InChI is InChI=1S/C14H14F2N2O4S/c1-8-3-2-4-12(9(8)5-17)23(21,22)18-6-10(13(15)16)11(7-18)14(19)20/h2-4,10-11,13H,6-7H2,1H3,(H,19,20)/t10-,11-/m1/s1. The second-order valence-corrected chi connectivity index (χ2v) is 7.23. The van der Waals surface area contributed by atoms with Crippen LogP contribution in [0.2, 0.25) is 0 Å². The fraction of sp³-hybridized carbons (Fsp3) is 0.429. The topological polar surface area (TPSA) is 98.5 Å². The predicted octanol–water partition coefficient (Wildman–Crippen LogP) is 1.45. The lowest BCUT2D eigenvalue weighted by Gasteiger charge is -2.17. The Hall–Kier alpha value is -2.05. The van der Waals surface area contributed by atoms with Gasteiger partial charge in [-0.25, -0.2) is 17.2 Å². The fourth-order valence-electron chi connectivity index (χ4n) is 2.64. The smallest absolute Gasteiger partial charge is 0.308 e. The number of hydrogen-bond acceptors (Lipinski definition) is 4. The van der Waals surface area contributed by atoms with Gasteiger partial charge in [-0.3, -0.25) is 4.79 Å². The lowest BCUT2D eigenvalue weighted by Crippen LogP contribution is -2.30. The van der Waals surface area contributed by atoms with E-state index in [9.17, 15) is 22.0 Å². The van der Waals surface area contributed by atoms with Gasteiger partial charge in [-0.1, -0.05) is 12.1 Å². The van der Waals surface area contributed by atoms with Gasteiger partial charge in [-0.2, -0.15) is 9.57 Å². The number of nitriles is 1. The van der Waals surface area contributed by atoms with Crippen LogP contribution in [0.4, 0.5) is 8.78 Å². The van der Waals surface area contributed by atoms with Crippen molar-refractivity contribution in [3.05, 3.63) is 29.3 Å². The van der Waals surface area contributed by atoms with Crippen molar-refractivity contribution in [2.45, 2.75) is 18.2 Å². The van der Waals surface area contributed by atoms with E-state index in [0.717, 1.165) is 4.31 Å². The van der Waals surface area contributed by atoms with Crippen LogP contribution in [0.1, 0.15) is 11.1 Å². The maximum Gasteiger partial charge on any atom is 0.308 e. The first-order valence-electron chi connectivity index (χ1n) is 6.71. The Morgan fingerprint density at radius 2 is 2.09 bits per heavy atom. The fourth-order valence-corrected chi connectivity index (χ4v) is 4.36. The van der Waals surface area contributed by atoms with E-state index in [1.807, 2.05) is 0 Å². The van der Waals surface area contributed by atoms with E-state index in [1.54, 1.807) is 19.1 Å². The molecule has 1 heterocycles. The van der Waals surface area contributed by atoms with Crippen molar-refractivity contribution in [2.75, 3.05) is 13.1 Å². The van der Waals surface area contributed by atoms with Crippen molar-refractivity contribution in [3.8, 4) is 6.07 Å². The zero-order valence-electron chi connectivity index (χ0n) is 12.1. The zero-order chi connectivity index (χ0) is 17.4. The van der Waals surface area contributed by atoms with Gasteiger partial charge in [0.05, 0.1) is 11.5 Å². The number of aliphatic carboxylic acids is 1. The van der Waals surface area contributed by atoms with Gasteiger partial charge in [0.2, 0.25) is 16.4 Å². The molecule has 23 heavy (non-hydrogen) atoms. The molecule has 1 saturated heterocycles. The average Bonchev–Trinajstić information content (AvgIpc) is 2.93. The first kappa shape index (κ1) is 17.3. The Bertz CT molecular complexity index is 773. The molecule has 1 aromatic rings. The minimum absolute atomic E-state index is 0.0696. The molecule has 0 bridgehead atoms. The van der Waals surface area contributed by atoms with Crippen molar-refractivity contribution in [2.24, 2.45) is 11.8 Å². The van der Waals surface area contributed by atoms with Gasteiger partial charge >= 0.3 is 5.97 Å². The first-order valence-corrected chi connectivity index (χ1v) is 8.15. The molecule has 1 N–H and O–H groups in total. The van der Waals surface area contributed by atoms with Crippen LogP contribution in [0.5, 0.6) is 0 Å². The molecule has 0 aromatic heterocycles. The van der Waals surface area contributed by atoms with Crippen LogP contribution in [0.3, 0.4) is 0 Å². The van der Waals surface area contributed by atoms with Gasteiger partial charge in [-0.15, -0.1) is 0 Å². The third kappa shape index (κ3) is 3.04. The molecule has 0 spiro atoms. The number of halogens is 2. The summed E-state index contributed by atoms with van der Waals surface area (Å²) in [6.07, 6.45) is -2.94. The summed E-state index contributed by atoms with van der Waals surface area (Å²) in [5.74, 6) is -4.50. The molecule has 0 saturated carbocycles. The van der Waals surface area contributed by atoms with Gasteiger partial charge < -0.3 is 5.11 Å². The Morgan fingerprint density at radius 1 is 1.43 bits per heavy atom. The number of hydrogen-bond donors (Lipinski definition) is 1. The van der Waals surface area contributed by atoms with Crippen molar-refractivity contribution in [1.82, 2.24) is 4.31 Å². The van der Waals surface area contributed by atoms with Crippen molar-refractivity contribution < 1.29 is 27.1 Å². The predicted molar refractivity (Wildman–Crippen MR) is 75.3 cm³/mol. The highest BCUT2D eigenvalue weighted by Crippen LogP contribution is 2.33. The summed E-state index contributed by atoms with van der Waals surface area (Å²) < 4.78 is 52.0. The third-order valence-electron chi connectivity index (χ3n) is 3.94. The molecular formula is C14H14F2N2O4S. The van der Waals surface area contributed by atoms with Crippen LogP contribution in [-0.2, 0) is 14.8 Å². The molecule has 0 unspecified atom stereocenters. The number of benzene rings is 1. The molecule has 0 radical (unpaired) electrons. The maximum absolute atomic E-state index is 13.0. The van der Waals surface area contributed by atoms with E-state index in [1.165, 1.54) is 12.1 Å². The molecule has 0 aliphatic carbocycles. The molecule has 2 atom stereocenters. The third-order valence-corrected chi connectivity index (χ3v) is 5.81. The Labute approximate surface area is 132 Å². The highest BCUT2D eigenvalue weighted by molar-refractivity contribution is 7.89. The minimum atomic E-state index is -4.22. The van der Waals surface area contributed by atoms with Crippen LogP contribution in [0.15, 0.2) is 23.1 Å². The van der Waals surface area contributed by atoms with Gasteiger partial charge in [0, 0.05) is 19.0 Å². The number of alkyl halides is 2. The van der Waals surface area contributed by atoms with E-state index < -0.39 is 47.3 Å². The SMILES string of the molecule is Cc1cccc(S(=O)(=O)N2C[C@@H](C(=O)O)[C@H](C(F)F)C2)c1C#N. The quantitative estimate of drug-likeness (QED) is 0.891. The van der Waals surface area contributed by atoms with Gasteiger partial charge in [0.1, 0.15) is 11.0 Å². The maximum atomic E-state index is 13.0. The van der Waals surface area contributed by atoms with Crippen LogP contribution >= 0.6 is 0 Å². The monoisotopic (exact) mass is 344 g/mol. The molecule has 2 rings (SSSR count). The van der Waals surface area contributed by atoms with E-state index in [0.29, 0.717) is 5.56 Å². The number of carboxylic acids is 1. The van der Waals surface area contributed by atoms with Crippen LogP contribution in [-0.4, -0.2) is 43.3 Å². The molecule has 9 heteroatoms. The Balaban J connectivity index is 2.45. The molecule has 1 aromatic carbocycles. The van der Waals surface area contributed by atoms with Gasteiger partial charge in [0.25, 0.3) is 0 Å². The minimum Gasteiger partial charge on any atom is -0.481 e. The van der Waals surface area contributed by atoms with Crippen molar-refractivity contribution in [3.63, 3.8) is 0 Å². The van der Waals surface area contributed by atoms with Gasteiger partial charge in [-0.05, 0) is 18.6 Å². The van der Waals surface area contributed by atoms with Crippen molar-refractivity contribution in [1.29, 1.82) is 5.26 Å². The molecule has 0 amide bonds. The molecule has 1 aliphatic rings. The number of nitrogens with zero attached hydrogens (tertiary/aromatic N) is 2. The number of aryl methyl sites for hydroxylation is 1. The lowest BCUT2D eigenvalue weighted by molar-refractivity contribution is -0.144. The van der Waals surface area contributed by atoms with Crippen LogP contribution in [0.25, 0.3) is 0 Å². The summed E-state index contributed by atoms with van der Waals surface area (Å²) in [7, 11) is -4.22. The normalized spacial score (nSPS) is 22.2. The van der Waals surface area contributed by atoms with Crippen molar-refractivity contribution >= 4 is 16.0 Å². The Kier molecular flexibility index (Phi) is 4.68. The Morgan fingerprint density at radius 3 is 2.57 bits per heavy atom. The van der Waals surface area contributed by atoms with E-state index in [4.69, 9.17) is 10.4 Å². The second kappa shape index (κ2) is 6.22. The molecule has 124 valence electrons. The number of rotatable bonds is 4. The van der Waals surface area contributed by atoms with Crippen LogP contribution in [0, 0.1) is 30.1 Å². The summed E-state index contributed by atoms with van der Waals surface area (Å²) >= 11 is 0. The summed E-state index contributed by atoms with van der Waals surface area (Å²) in [6, 6.07) is 6.01. The number of carbonyl (C=O) groups is 1. The molecule has 1 fully saturated rings. The van der Waals surface area contributed by atoms with Gasteiger partial charge in [0.15, 0.2) is 0 Å². The summed E-state index contributed by atoms with van der Waals surface area (Å²) in [5, 5.41) is 18.2. The lowest BCUT2D eigenvalue weighted by atomic mass is 9.97. The summed E-state index contributed by atoms with van der Waals surface area (Å²) in [6.45, 7) is 0.435. The highest BCUT2D eigenvalue weighted by Gasteiger charge is 2.47. The molecule has 6 nitrogen and oxygen atoms in total. The average molecular weight is 344 g/mol. The van der Waals surface area contributed by atoms with E-state index in [-0.39, 0.29) is 10.5 Å². The molecular weight excluding hydrogens is 330 g/mol. The molecule has 1 aliphatic heterocycles. The highest BCUT2D eigenvalue weighted by atomic mass is 32.2. The first-order chi connectivity index (χ1) is 10.7. The van der Waals surface area contributed by atoms with E-state index >= 15 is 0 Å². The number of sulfonamides is 1. The number of carboxylic acid groups (broad SMARTS) is 1. The van der Waals surface area contributed by atoms with E-state index in [2.05, 4.69) is 0 Å². The largest absolute Gasteiger partial charge is 0.481 e. The zero-order valence-corrected chi connectivity index (χ0v) is 12.9. The second-order valence-electron chi connectivity index (χ2n) is 5.32. The van der Waals surface area contributed by atoms with Crippen LogP contribution < -0.4 is 0 Å². The summed E-state index contributed by atoms with van der Waals surface area (Å²) in [4.78, 5) is 10.8.